The van der Waals surface area contributed by atoms with Gasteiger partial charge in [0.1, 0.15) is 18.1 Å². The number of aromatic hydroxyl groups is 1. The first-order valence-electron chi connectivity index (χ1n) is 8.56. The van der Waals surface area contributed by atoms with Crippen LogP contribution in [0.3, 0.4) is 0 Å². The summed E-state index contributed by atoms with van der Waals surface area (Å²) in [6.45, 7) is 5.58. The normalized spacial score (nSPS) is 12.6. The highest BCUT2D eigenvalue weighted by atomic mass is 16.5. The molecule has 0 aliphatic carbocycles. The predicted molar refractivity (Wildman–Crippen MR) is 103 cm³/mol. The number of phenols is 1. The van der Waals surface area contributed by atoms with E-state index in [0.717, 1.165) is 11.1 Å². The minimum Gasteiger partial charge on any atom is -0.507 e. The van der Waals surface area contributed by atoms with Crippen molar-refractivity contribution in [3.63, 3.8) is 0 Å². The summed E-state index contributed by atoms with van der Waals surface area (Å²) in [5.41, 5.74) is 3.95. The fourth-order valence-corrected chi connectivity index (χ4v) is 3.13. The number of carbonyl (C=O) groups excluding carboxylic acids is 1. The van der Waals surface area contributed by atoms with Crippen molar-refractivity contribution in [3.05, 3.63) is 57.7 Å². The summed E-state index contributed by atoms with van der Waals surface area (Å²) >= 11 is 0. The Bertz CT molecular complexity index is 975. The van der Waals surface area contributed by atoms with Gasteiger partial charge in [0, 0.05) is 22.4 Å². The molecule has 2 aromatic carbocycles. The molecule has 2 aromatic rings. The average molecular weight is 367 g/mol. The summed E-state index contributed by atoms with van der Waals surface area (Å²) in [7, 11) is 0. The highest BCUT2D eigenvalue weighted by Crippen LogP contribution is 2.40. The number of nitrogens with one attached hydrogen (secondary N) is 1. The maximum Gasteiger partial charge on any atom is 0.337 e. The van der Waals surface area contributed by atoms with Crippen LogP contribution in [0.4, 0.5) is 5.69 Å². The summed E-state index contributed by atoms with van der Waals surface area (Å²) in [4.78, 5) is 23.8. The van der Waals surface area contributed by atoms with Crippen molar-refractivity contribution < 1.29 is 24.5 Å². The molecule has 0 spiro atoms. The van der Waals surface area contributed by atoms with Crippen LogP contribution < -0.4 is 10.1 Å². The van der Waals surface area contributed by atoms with Gasteiger partial charge in [-0.2, -0.15) is 0 Å². The number of anilines is 1. The summed E-state index contributed by atoms with van der Waals surface area (Å²) in [5, 5.41) is 22.4. The standard InChI is InChI=1S/C21H21NO5/c1-11-12(2)20-16(13(3)19(11)24)8-14(10-27-20)18(23)9-22-17-7-5-4-6-15(17)21(25)26/h4-8,22,24H,9-10H2,1-3H3,(H,25,26). The number of fused-ring (bicyclic) bond motifs is 1. The molecular formula is C21H21NO5. The smallest absolute Gasteiger partial charge is 0.337 e. The number of ketones is 1. The zero-order valence-electron chi connectivity index (χ0n) is 15.4. The van der Waals surface area contributed by atoms with E-state index in [-0.39, 0.29) is 30.2 Å². The van der Waals surface area contributed by atoms with Crippen LogP contribution in [0.5, 0.6) is 11.5 Å². The van der Waals surface area contributed by atoms with Crippen LogP contribution in [-0.2, 0) is 4.79 Å². The van der Waals surface area contributed by atoms with E-state index in [1.54, 1.807) is 31.2 Å². The molecule has 1 heterocycles. The Morgan fingerprint density at radius 1 is 1.11 bits per heavy atom. The molecule has 0 aromatic heterocycles. The molecule has 0 amide bonds. The molecule has 0 saturated heterocycles. The Hall–Kier alpha value is -3.28. The zero-order valence-corrected chi connectivity index (χ0v) is 15.4. The van der Waals surface area contributed by atoms with E-state index in [4.69, 9.17) is 4.74 Å². The number of carboxylic acids is 1. The minimum absolute atomic E-state index is 0.0509. The van der Waals surface area contributed by atoms with Gasteiger partial charge in [-0.25, -0.2) is 4.79 Å². The van der Waals surface area contributed by atoms with E-state index in [0.29, 0.717) is 28.1 Å². The summed E-state index contributed by atoms with van der Waals surface area (Å²) < 4.78 is 5.80. The van der Waals surface area contributed by atoms with Gasteiger partial charge >= 0.3 is 5.97 Å². The molecular weight excluding hydrogens is 346 g/mol. The predicted octanol–water partition coefficient (Wildman–Crippen LogP) is 3.47. The second kappa shape index (κ2) is 7.15. The third-order valence-corrected chi connectivity index (χ3v) is 4.91. The molecule has 0 bridgehead atoms. The third kappa shape index (κ3) is 3.38. The highest BCUT2D eigenvalue weighted by molar-refractivity contribution is 6.04. The molecule has 140 valence electrons. The first-order valence-corrected chi connectivity index (χ1v) is 8.56. The lowest BCUT2D eigenvalue weighted by Gasteiger charge is -2.23. The molecule has 0 radical (unpaired) electrons. The Balaban J connectivity index is 1.84. The van der Waals surface area contributed by atoms with Crippen molar-refractivity contribution in [2.24, 2.45) is 0 Å². The maximum absolute atomic E-state index is 12.6. The summed E-state index contributed by atoms with van der Waals surface area (Å²) in [6, 6.07) is 6.43. The number of phenolic OH excluding ortho intramolecular Hbond substituents is 1. The lowest BCUT2D eigenvalue weighted by Crippen LogP contribution is -2.23. The third-order valence-electron chi connectivity index (χ3n) is 4.91. The Kier molecular flexibility index (Phi) is 4.90. The largest absolute Gasteiger partial charge is 0.507 e. The van der Waals surface area contributed by atoms with Crippen molar-refractivity contribution in [1.82, 2.24) is 0 Å². The Morgan fingerprint density at radius 2 is 1.81 bits per heavy atom. The first kappa shape index (κ1) is 18.5. The molecule has 0 atom stereocenters. The molecule has 0 fully saturated rings. The van der Waals surface area contributed by atoms with Gasteiger partial charge in [0.25, 0.3) is 0 Å². The van der Waals surface area contributed by atoms with Gasteiger partial charge in [0.05, 0.1) is 12.1 Å². The van der Waals surface area contributed by atoms with Crippen molar-refractivity contribution in [3.8, 4) is 11.5 Å². The number of aromatic carboxylic acids is 1. The fourth-order valence-electron chi connectivity index (χ4n) is 3.13. The lowest BCUT2D eigenvalue weighted by atomic mass is 9.93. The molecule has 6 heteroatoms. The van der Waals surface area contributed by atoms with Crippen molar-refractivity contribution in [1.29, 1.82) is 0 Å². The van der Waals surface area contributed by atoms with E-state index in [2.05, 4.69) is 5.32 Å². The van der Waals surface area contributed by atoms with Gasteiger partial charge < -0.3 is 20.3 Å². The lowest BCUT2D eigenvalue weighted by molar-refractivity contribution is -0.114. The number of hydrogen-bond acceptors (Lipinski definition) is 5. The maximum atomic E-state index is 12.6. The van der Waals surface area contributed by atoms with Crippen LogP contribution in [0.1, 0.15) is 32.6 Å². The summed E-state index contributed by atoms with van der Waals surface area (Å²) in [6.07, 6.45) is 1.74. The zero-order chi connectivity index (χ0) is 19.7. The average Bonchev–Trinajstić information content (AvgIpc) is 2.68. The van der Waals surface area contributed by atoms with Crippen LogP contribution in [0, 0.1) is 20.8 Å². The van der Waals surface area contributed by atoms with Crippen molar-refractivity contribution in [2.75, 3.05) is 18.5 Å². The molecule has 0 saturated carbocycles. The van der Waals surface area contributed by atoms with Gasteiger partial charge in [-0.05, 0) is 50.1 Å². The van der Waals surface area contributed by atoms with E-state index >= 15 is 0 Å². The fraction of sp³-hybridized carbons (Fsp3) is 0.238. The molecule has 6 nitrogen and oxygen atoms in total. The molecule has 0 unspecified atom stereocenters. The van der Waals surface area contributed by atoms with Gasteiger partial charge in [-0.15, -0.1) is 0 Å². The molecule has 3 N–H and O–H groups in total. The number of benzene rings is 2. The van der Waals surface area contributed by atoms with Crippen LogP contribution in [0.25, 0.3) is 6.08 Å². The molecule has 1 aliphatic heterocycles. The Labute approximate surface area is 157 Å². The number of Topliss-reactive ketones (excluding diaryl/α,β-unsaturated/α-hetero) is 1. The Morgan fingerprint density at radius 3 is 2.52 bits per heavy atom. The number of para-hydroxylation sites is 1. The molecule has 27 heavy (non-hydrogen) atoms. The van der Waals surface area contributed by atoms with Crippen LogP contribution >= 0.6 is 0 Å². The SMILES string of the molecule is Cc1c(C)c2c(c(C)c1O)C=C(C(=O)CNc1ccccc1C(=O)O)CO2. The minimum atomic E-state index is -1.06. The van der Waals surface area contributed by atoms with Crippen LogP contribution in [0.2, 0.25) is 0 Å². The number of carboxylic acid groups (broad SMARTS) is 1. The first-order chi connectivity index (χ1) is 12.8. The van der Waals surface area contributed by atoms with Crippen LogP contribution in [-0.4, -0.2) is 35.1 Å². The number of ether oxygens (including phenoxy) is 1. The van der Waals surface area contributed by atoms with Gasteiger partial charge in [-0.3, -0.25) is 4.79 Å². The van der Waals surface area contributed by atoms with Crippen LogP contribution in [0.15, 0.2) is 29.8 Å². The monoisotopic (exact) mass is 367 g/mol. The van der Waals surface area contributed by atoms with E-state index in [9.17, 15) is 19.8 Å². The second-order valence-corrected chi connectivity index (χ2v) is 6.55. The topological polar surface area (TPSA) is 95.9 Å². The van der Waals surface area contributed by atoms with E-state index in [1.165, 1.54) is 6.07 Å². The van der Waals surface area contributed by atoms with Gasteiger partial charge in [0.2, 0.25) is 0 Å². The molecule has 1 aliphatic rings. The van der Waals surface area contributed by atoms with Gasteiger partial charge in [0.15, 0.2) is 5.78 Å². The van der Waals surface area contributed by atoms with E-state index in [1.807, 2.05) is 13.8 Å². The summed E-state index contributed by atoms with van der Waals surface area (Å²) in [5.74, 6) is -0.369. The van der Waals surface area contributed by atoms with E-state index < -0.39 is 5.97 Å². The highest BCUT2D eigenvalue weighted by Gasteiger charge is 2.23. The number of carbonyl (C=O) groups is 2. The van der Waals surface area contributed by atoms with Gasteiger partial charge in [-0.1, -0.05) is 12.1 Å². The van der Waals surface area contributed by atoms with Crippen molar-refractivity contribution in [2.45, 2.75) is 20.8 Å². The van der Waals surface area contributed by atoms with Crippen molar-refractivity contribution >= 4 is 23.5 Å². The molecule has 3 rings (SSSR count). The number of hydrogen-bond donors (Lipinski definition) is 3. The second-order valence-electron chi connectivity index (χ2n) is 6.55. The quantitative estimate of drug-likeness (QED) is 0.749. The number of rotatable bonds is 5.